The number of carbonyl (C=O) groups is 3. The monoisotopic (exact) mass is 313 g/mol. The summed E-state index contributed by atoms with van der Waals surface area (Å²) in [7, 11) is 1.55. The summed E-state index contributed by atoms with van der Waals surface area (Å²) < 4.78 is 5.00. The number of hydrogen-bond donors (Lipinski definition) is 3. The first kappa shape index (κ1) is 16.8. The van der Waals surface area contributed by atoms with Gasteiger partial charge in [-0.15, -0.1) is 11.8 Å². The van der Waals surface area contributed by atoms with Crippen LogP contribution in [-0.4, -0.2) is 47.0 Å². The predicted molar refractivity (Wildman–Crippen MR) is 75.5 cm³/mol. The van der Waals surface area contributed by atoms with Gasteiger partial charge in [0.15, 0.2) is 0 Å². The van der Waals surface area contributed by atoms with E-state index in [2.05, 4.69) is 5.32 Å². The quantitative estimate of drug-likeness (QED) is 0.609. The maximum absolute atomic E-state index is 11.6. The highest BCUT2D eigenvalue weighted by molar-refractivity contribution is 8.00. The van der Waals surface area contributed by atoms with Crippen LogP contribution in [0.25, 0.3) is 0 Å². The number of methoxy groups -OCH3 is 1. The third-order valence-electron chi connectivity index (χ3n) is 2.44. The minimum absolute atomic E-state index is 0.00424. The van der Waals surface area contributed by atoms with Crippen molar-refractivity contribution in [2.75, 3.05) is 12.9 Å². The van der Waals surface area contributed by atoms with Gasteiger partial charge in [0, 0.05) is 4.90 Å². The Labute approximate surface area is 125 Å². The molecule has 114 valence electrons. The van der Waals surface area contributed by atoms with Crippen molar-refractivity contribution in [1.82, 2.24) is 5.32 Å². The van der Waals surface area contributed by atoms with E-state index in [9.17, 15) is 14.4 Å². The fourth-order valence-electron chi connectivity index (χ4n) is 1.43. The van der Waals surface area contributed by atoms with Crippen molar-refractivity contribution in [1.29, 1.82) is 0 Å². The number of hydrogen-bond acceptors (Lipinski definition) is 5. The second-order valence-corrected chi connectivity index (χ2v) is 5.07. The van der Waals surface area contributed by atoms with E-state index in [1.807, 2.05) is 0 Å². The lowest BCUT2D eigenvalue weighted by atomic mass is 10.2. The van der Waals surface area contributed by atoms with Gasteiger partial charge >= 0.3 is 11.9 Å². The highest BCUT2D eigenvalue weighted by atomic mass is 32.2. The average molecular weight is 313 g/mol. The molecule has 7 nitrogen and oxygen atoms in total. The smallest absolute Gasteiger partial charge is 0.326 e. The zero-order valence-electron chi connectivity index (χ0n) is 11.2. The Morgan fingerprint density at radius 1 is 1.24 bits per heavy atom. The number of benzene rings is 1. The van der Waals surface area contributed by atoms with Gasteiger partial charge in [0.25, 0.3) is 0 Å². The van der Waals surface area contributed by atoms with Gasteiger partial charge in [0.05, 0.1) is 19.3 Å². The Hall–Kier alpha value is -2.22. The van der Waals surface area contributed by atoms with Gasteiger partial charge in [-0.2, -0.15) is 0 Å². The molecule has 3 N–H and O–H groups in total. The summed E-state index contributed by atoms with van der Waals surface area (Å²) in [4.78, 5) is 33.8. The van der Waals surface area contributed by atoms with Gasteiger partial charge in [-0.05, 0) is 24.3 Å². The second kappa shape index (κ2) is 8.15. The van der Waals surface area contributed by atoms with Gasteiger partial charge in [-0.1, -0.05) is 0 Å². The second-order valence-electron chi connectivity index (χ2n) is 4.02. The van der Waals surface area contributed by atoms with Gasteiger partial charge in [0.1, 0.15) is 11.8 Å². The Bertz CT molecular complexity index is 516. The van der Waals surface area contributed by atoms with E-state index < -0.39 is 30.3 Å². The van der Waals surface area contributed by atoms with E-state index in [0.717, 1.165) is 4.90 Å². The first-order valence-corrected chi connectivity index (χ1v) is 6.91. The van der Waals surface area contributed by atoms with Gasteiger partial charge in [0.2, 0.25) is 5.91 Å². The molecule has 0 bridgehead atoms. The molecule has 8 heteroatoms. The molecule has 0 aliphatic carbocycles. The molecule has 0 fully saturated rings. The van der Waals surface area contributed by atoms with Crippen molar-refractivity contribution in [2.45, 2.75) is 17.4 Å². The Morgan fingerprint density at radius 3 is 2.33 bits per heavy atom. The van der Waals surface area contributed by atoms with Crippen molar-refractivity contribution in [3.63, 3.8) is 0 Å². The largest absolute Gasteiger partial charge is 0.497 e. The summed E-state index contributed by atoms with van der Waals surface area (Å²) in [5.41, 5.74) is 0. The summed E-state index contributed by atoms with van der Waals surface area (Å²) in [6.07, 6.45) is -0.658. The van der Waals surface area contributed by atoms with Crippen LogP contribution in [0.15, 0.2) is 29.2 Å². The molecule has 1 atom stereocenters. The predicted octanol–water partition coefficient (Wildman–Crippen LogP) is 0.831. The molecule has 0 heterocycles. The number of aliphatic carboxylic acids is 2. The maximum Gasteiger partial charge on any atom is 0.326 e. The fourth-order valence-corrected chi connectivity index (χ4v) is 2.14. The molecule has 0 unspecified atom stereocenters. The number of rotatable bonds is 8. The summed E-state index contributed by atoms with van der Waals surface area (Å²) >= 11 is 1.21. The summed E-state index contributed by atoms with van der Waals surface area (Å²) in [5, 5.41) is 19.6. The molecule has 1 rings (SSSR count). The van der Waals surface area contributed by atoms with E-state index in [1.54, 1.807) is 31.4 Å². The molecule has 1 amide bonds. The van der Waals surface area contributed by atoms with E-state index in [4.69, 9.17) is 14.9 Å². The summed E-state index contributed by atoms with van der Waals surface area (Å²) in [6.45, 7) is 0. The Morgan fingerprint density at radius 2 is 1.86 bits per heavy atom. The molecule has 21 heavy (non-hydrogen) atoms. The Kier molecular flexibility index (Phi) is 6.54. The zero-order chi connectivity index (χ0) is 15.8. The molecular weight excluding hydrogens is 298 g/mol. The van der Waals surface area contributed by atoms with Crippen LogP contribution in [0.4, 0.5) is 0 Å². The summed E-state index contributed by atoms with van der Waals surface area (Å²) in [5.74, 6) is -2.51. The first-order valence-electron chi connectivity index (χ1n) is 5.93. The van der Waals surface area contributed by atoms with Crippen molar-refractivity contribution < 1.29 is 29.3 Å². The third kappa shape index (κ3) is 6.17. The van der Waals surface area contributed by atoms with Crippen LogP contribution in [0.5, 0.6) is 5.75 Å². The van der Waals surface area contributed by atoms with E-state index >= 15 is 0 Å². The van der Waals surface area contributed by atoms with Crippen molar-refractivity contribution in [3.8, 4) is 5.75 Å². The summed E-state index contributed by atoms with van der Waals surface area (Å²) in [6, 6.07) is 5.59. The molecule has 0 saturated carbocycles. The van der Waals surface area contributed by atoms with Crippen LogP contribution in [0.3, 0.4) is 0 Å². The molecule has 1 aromatic carbocycles. The van der Waals surface area contributed by atoms with E-state index in [0.29, 0.717) is 5.75 Å². The Balaban J connectivity index is 2.48. The van der Waals surface area contributed by atoms with E-state index in [-0.39, 0.29) is 5.75 Å². The minimum atomic E-state index is -1.42. The van der Waals surface area contributed by atoms with E-state index in [1.165, 1.54) is 11.8 Å². The number of nitrogens with one attached hydrogen (secondary N) is 1. The fraction of sp³-hybridized carbons (Fsp3) is 0.308. The lowest BCUT2D eigenvalue weighted by Gasteiger charge is -2.12. The average Bonchev–Trinajstić information content (AvgIpc) is 2.44. The molecule has 0 aliphatic heterocycles. The molecule has 0 spiro atoms. The van der Waals surface area contributed by atoms with Gasteiger partial charge < -0.3 is 20.3 Å². The van der Waals surface area contributed by atoms with Crippen molar-refractivity contribution in [3.05, 3.63) is 24.3 Å². The van der Waals surface area contributed by atoms with Crippen LogP contribution in [0.2, 0.25) is 0 Å². The topological polar surface area (TPSA) is 113 Å². The zero-order valence-corrected chi connectivity index (χ0v) is 12.1. The van der Waals surface area contributed by atoms with Crippen LogP contribution < -0.4 is 10.1 Å². The highest BCUT2D eigenvalue weighted by Crippen LogP contribution is 2.20. The van der Waals surface area contributed by atoms with Gasteiger partial charge in [-0.3, -0.25) is 9.59 Å². The lowest BCUT2D eigenvalue weighted by molar-refractivity contribution is -0.147. The number of carboxylic acids is 2. The van der Waals surface area contributed by atoms with Crippen LogP contribution in [0.1, 0.15) is 6.42 Å². The number of carboxylic acid groups (broad SMARTS) is 2. The maximum atomic E-state index is 11.6. The molecule has 0 radical (unpaired) electrons. The van der Waals surface area contributed by atoms with Crippen molar-refractivity contribution in [2.24, 2.45) is 0 Å². The van der Waals surface area contributed by atoms with Crippen LogP contribution in [-0.2, 0) is 14.4 Å². The normalized spacial score (nSPS) is 11.5. The molecule has 0 aliphatic rings. The number of amides is 1. The first-order chi connectivity index (χ1) is 9.92. The lowest BCUT2D eigenvalue weighted by Crippen LogP contribution is -2.43. The highest BCUT2D eigenvalue weighted by Gasteiger charge is 2.22. The van der Waals surface area contributed by atoms with Crippen molar-refractivity contribution >= 4 is 29.6 Å². The molecular formula is C13H15NO6S. The SMILES string of the molecule is COc1ccc(SCC(=O)N[C@@H](CC(=O)O)C(=O)O)cc1. The standard InChI is InChI=1S/C13H15NO6S/c1-20-8-2-4-9(5-3-8)21-7-11(15)14-10(13(18)19)6-12(16)17/h2-5,10H,6-7H2,1H3,(H,14,15)(H,16,17)(H,18,19)/t10-/m0/s1. The van der Waals surface area contributed by atoms with Crippen LogP contribution >= 0.6 is 11.8 Å². The third-order valence-corrected chi connectivity index (χ3v) is 3.45. The molecule has 0 aromatic heterocycles. The molecule has 0 saturated heterocycles. The molecule has 1 aromatic rings. The minimum Gasteiger partial charge on any atom is -0.497 e. The number of ether oxygens (including phenoxy) is 1. The number of carbonyl (C=O) groups excluding carboxylic acids is 1. The number of thioether (sulfide) groups is 1. The van der Waals surface area contributed by atoms with Gasteiger partial charge in [-0.25, -0.2) is 4.79 Å². The van der Waals surface area contributed by atoms with Crippen LogP contribution in [0, 0.1) is 0 Å².